The third-order valence-electron chi connectivity index (χ3n) is 4.57. The van der Waals surface area contributed by atoms with Gasteiger partial charge in [-0.2, -0.15) is 4.31 Å². The number of methoxy groups -OCH3 is 2. The van der Waals surface area contributed by atoms with Gasteiger partial charge in [0.25, 0.3) is 0 Å². The number of halogens is 1. The fourth-order valence-corrected chi connectivity index (χ4v) is 4.88. The highest BCUT2D eigenvalue weighted by Gasteiger charge is 2.32. The van der Waals surface area contributed by atoms with Crippen LogP contribution >= 0.6 is 11.6 Å². The van der Waals surface area contributed by atoms with Crippen molar-refractivity contribution >= 4 is 21.6 Å². The predicted octanol–water partition coefficient (Wildman–Crippen LogP) is 3.96. The molecule has 2 aromatic rings. The highest BCUT2D eigenvalue weighted by atomic mass is 35.5. The number of nitrogens with zero attached hydrogens (tertiary/aromatic N) is 1. The zero-order valence-corrected chi connectivity index (χ0v) is 18.7. The van der Waals surface area contributed by atoms with E-state index in [1.807, 2.05) is 13.8 Å². The molecule has 0 aliphatic rings. The van der Waals surface area contributed by atoms with Crippen LogP contribution in [0.2, 0.25) is 5.02 Å². The molecule has 0 fully saturated rings. The van der Waals surface area contributed by atoms with E-state index in [4.69, 9.17) is 21.1 Å². The first-order chi connectivity index (χ1) is 13.7. The van der Waals surface area contributed by atoms with Crippen molar-refractivity contribution in [3.8, 4) is 11.5 Å². The first-order valence-corrected chi connectivity index (χ1v) is 11.1. The maximum atomic E-state index is 13.4. The Morgan fingerprint density at radius 1 is 1.03 bits per heavy atom. The maximum Gasteiger partial charge on any atom is 0.243 e. The number of aliphatic hydroxyl groups excluding tert-OH is 1. The van der Waals surface area contributed by atoms with Gasteiger partial charge in [0, 0.05) is 17.6 Å². The van der Waals surface area contributed by atoms with E-state index >= 15 is 0 Å². The summed E-state index contributed by atoms with van der Waals surface area (Å²) in [6.45, 7) is 3.79. The summed E-state index contributed by atoms with van der Waals surface area (Å²) in [7, 11) is -0.798. The SMILES string of the molecule is COc1ccc(CN([C@@H](CO)CC(C)C)S(=O)(=O)c2ccc(Cl)cc2)cc1OC. The van der Waals surface area contributed by atoms with Crippen molar-refractivity contribution in [2.24, 2.45) is 5.92 Å². The number of hydrogen-bond donors (Lipinski definition) is 1. The molecule has 2 rings (SSSR count). The molecule has 0 aromatic heterocycles. The third kappa shape index (κ3) is 5.85. The van der Waals surface area contributed by atoms with Crippen molar-refractivity contribution in [3.05, 3.63) is 53.1 Å². The fourth-order valence-electron chi connectivity index (χ4n) is 3.14. The van der Waals surface area contributed by atoms with Crippen molar-refractivity contribution in [1.82, 2.24) is 4.31 Å². The monoisotopic (exact) mass is 441 g/mol. The lowest BCUT2D eigenvalue weighted by Crippen LogP contribution is -2.42. The summed E-state index contributed by atoms with van der Waals surface area (Å²) >= 11 is 5.92. The standard InChI is InChI=1S/C21H28ClNO5S/c1-15(2)11-18(14-24)23(29(25,26)19-8-6-17(22)7-9-19)13-16-5-10-20(27-3)21(12-16)28-4/h5-10,12,15,18,24H,11,13-14H2,1-4H3/t18-/m1/s1. The number of benzene rings is 2. The van der Waals surface area contributed by atoms with E-state index in [9.17, 15) is 13.5 Å². The molecule has 160 valence electrons. The molecule has 0 heterocycles. The summed E-state index contributed by atoms with van der Waals surface area (Å²) in [5.41, 5.74) is 0.724. The summed E-state index contributed by atoms with van der Waals surface area (Å²) in [4.78, 5) is 0.129. The lowest BCUT2D eigenvalue weighted by atomic mass is 10.0. The van der Waals surface area contributed by atoms with Gasteiger partial charge in [-0.3, -0.25) is 0 Å². The predicted molar refractivity (Wildman–Crippen MR) is 114 cm³/mol. The first-order valence-electron chi connectivity index (χ1n) is 9.32. The van der Waals surface area contributed by atoms with Gasteiger partial charge in [0.1, 0.15) is 0 Å². The molecule has 29 heavy (non-hydrogen) atoms. The maximum absolute atomic E-state index is 13.4. The summed E-state index contributed by atoms with van der Waals surface area (Å²) in [5.74, 6) is 1.28. The molecule has 0 saturated carbocycles. The lowest BCUT2D eigenvalue weighted by molar-refractivity contribution is 0.164. The number of ether oxygens (including phenoxy) is 2. The Morgan fingerprint density at radius 2 is 1.66 bits per heavy atom. The second-order valence-corrected chi connectivity index (χ2v) is 9.49. The van der Waals surface area contributed by atoms with Crippen LogP contribution in [0.5, 0.6) is 11.5 Å². The van der Waals surface area contributed by atoms with Crippen LogP contribution in [0.25, 0.3) is 0 Å². The minimum Gasteiger partial charge on any atom is -0.493 e. The summed E-state index contributed by atoms with van der Waals surface area (Å²) < 4.78 is 38.8. The largest absolute Gasteiger partial charge is 0.493 e. The molecule has 0 aliphatic heterocycles. The van der Waals surface area contributed by atoms with Crippen molar-refractivity contribution in [2.45, 2.75) is 37.8 Å². The summed E-state index contributed by atoms with van der Waals surface area (Å²) in [6.07, 6.45) is 0.524. The zero-order valence-electron chi connectivity index (χ0n) is 17.1. The van der Waals surface area contributed by atoms with Crippen LogP contribution in [0.15, 0.2) is 47.4 Å². The average molecular weight is 442 g/mol. The van der Waals surface area contributed by atoms with Crippen LogP contribution in [0, 0.1) is 5.92 Å². The van der Waals surface area contributed by atoms with Crippen LogP contribution in [0.3, 0.4) is 0 Å². The quantitative estimate of drug-likeness (QED) is 0.604. The lowest BCUT2D eigenvalue weighted by Gasteiger charge is -2.31. The van der Waals surface area contributed by atoms with Crippen molar-refractivity contribution in [3.63, 3.8) is 0 Å². The van der Waals surface area contributed by atoms with E-state index in [1.54, 1.807) is 37.4 Å². The van der Waals surface area contributed by atoms with Crippen LogP contribution in [-0.2, 0) is 16.6 Å². The van der Waals surface area contributed by atoms with Crippen molar-refractivity contribution in [1.29, 1.82) is 0 Å². The Kier molecular flexibility index (Phi) is 8.34. The van der Waals surface area contributed by atoms with Gasteiger partial charge in [-0.1, -0.05) is 31.5 Å². The highest BCUT2D eigenvalue weighted by Crippen LogP contribution is 2.30. The van der Waals surface area contributed by atoms with Gasteiger partial charge >= 0.3 is 0 Å². The molecule has 2 aromatic carbocycles. The van der Waals surface area contributed by atoms with Gasteiger partial charge < -0.3 is 14.6 Å². The van der Waals surface area contributed by atoms with Crippen molar-refractivity contribution < 1.29 is 23.0 Å². The molecular formula is C21H28ClNO5S. The molecule has 6 nitrogen and oxygen atoms in total. The van der Waals surface area contributed by atoms with Crippen molar-refractivity contribution in [2.75, 3.05) is 20.8 Å². The molecule has 0 bridgehead atoms. The van der Waals surface area contributed by atoms with E-state index in [1.165, 1.54) is 23.5 Å². The van der Waals surface area contributed by atoms with Gasteiger partial charge in [-0.25, -0.2) is 8.42 Å². The third-order valence-corrected chi connectivity index (χ3v) is 6.73. The van der Waals surface area contributed by atoms with E-state index in [0.717, 1.165) is 5.56 Å². The summed E-state index contributed by atoms with van der Waals surface area (Å²) in [6, 6.07) is 10.7. The fraction of sp³-hybridized carbons (Fsp3) is 0.429. The zero-order chi connectivity index (χ0) is 21.6. The Balaban J connectivity index is 2.48. The molecule has 0 saturated heterocycles. The minimum absolute atomic E-state index is 0.0866. The van der Waals surface area contributed by atoms with Crippen LogP contribution in [-0.4, -0.2) is 44.7 Å². The molecule has 1 N–H and O–H groups in total. The molecule has 0 radical (unpaired) electrons. The van der Waals surface area contributed by atoms with Gasteiger partial charge in [-0.05, 0) is 54.3 Å². The smallest absolute Gasteiger partial charge is 0.243 e. The highest BCUT2D eigenvalue weighted by molar-refractivity contribution is 7.89. The van der Waals surface area contributed by atoms with E-state index < -0.39 is 16.1 Å². The molecule has 1 atom stereocenters. The number of hydrogen-bond acceptors (Lipinski definition) is 5. The summed E-state index contributed by atoms with van der Waals surface area (Å²) in [5, 5.41) is 10.4. The number of sulfonamides is 1. The molecule has 0 spiro atoms. The number of rotatable bonds is 10. The second kappa shape index (κ2) is 10.3. The van der Waals surface area contributed by atoms with Crippen LogP contribution in [0.1, 0.15) is 25.8 Å². The topological polar surface area (TPSA) is 76.1 Å². The molecule has 0 aliphatic carbocycles. The van der Waals surface area contributed by atoms with Gasteiger partial charge in [0.15, 0.2) is 11.5 Å². The Labute approximate surface area is 178 Å². The molecular weight excluding hydrogens is 414 g/mol. The Bertz CT molecular complexity index is 900. The average Bonchev–Trinajstić information content (AvgIpc) is 2.70. The van der Waals surface area contributed by atoms with E-state index in [2.05, 4.69) is 0 Å². The Hall–Kier alpha value is -1.80. The van der Waals surface area contributed by atoms with E-state index in [0.29, 0.717) is 22.9 Å². The normalized spacial score (nSPS) is 13.0. The van der Waals surface area contributed by atoms with Crippen LogP contribution in [0.4, 0.5) is 0 Å². The number of aliphatic hydroxyl groups is 1. The molecule has 0 unspecified atom stereocenters. The second-order valence-electron chi connectivity index (χ2n) is 7.16. The first kappa shape index (κ1) is 23.5. The van der Waals surface area contributed by atoms with E-state index in [-0.39, 0.29) is 24.0 Å². The molecule has 0 amide bonds. The Morgan fingerprint density at radius 3 is 2.17 bits per heavy atom. The van der Waals surface area contributed by atoms with Gasteiger partial charge in [0.2, 0.25) is 10.0 Å². The molecule has 8 heteroatoms. The van der Waals surface area contributed by atoms with Gasteiger partial charge in [-0.15, -0.1) is 0 Å². The minimum atomic E-state index is -3.87. The van der Waals surface area contributed by atoms with Crippen LogP contribution < -0.4 is 9.47 Å². The van der Waals surface area contributed by atoms with Gasteiger partial charge in [0.05, 0.1) is 25.7 Å².